The summed E-state index contributed by atoms with van der Waals surface area (Å²) in [6.45, 7) is 2.04. The third kappa shape index (κ3) is 4.58. The van der Waals surface area contributed by atoms with E-state index in [0.29, 0.717) is 0 Å². The van der Waals surface area contributed by atoms with E-state index in [-0.39, 0.29) is 6.04 Å². The van der Waals surface area contributed by atoms with Crippen LogP contribution in [0.1, 0.15) is 35.8 Å². The third-order valence-electron chi connectivity index (χ3n) is 5.77. The minimum absolute atomic E-state index is 0.277. The smallest absolute Gasteiger partial charge is 0.196 e. The number of hydrogen-bond acceptors (Lipinski definition) is 4. The van der Waals surface area contributed by atoms with E-state index in [1.54, 1.807) is 11.8 Å². The van der Waals surface area contributed by atoms with Crippen molar-refractivity contribution < 1.29 is 0 Å². The highest BCUT2D eigenvalue weighted by molar-refractivity contribution is 7.98. The monoisotopic (exact) mass is 426 g/mol. The van der Waals surface area contributed by atoms with Gasteiger partial charge in [0.05, 0.1) is 6.04 Å². The zero-order valence-electron chi connectivity index (χ0n) is 17.5. The highest BCUT2D eigenvalue weighted by Gasteiger charge is 2.31. The van der Waals surface area contributed by atoms with E-state index in [9.17, 15) is 0 Å². The van der Waals surface area contributed by atoms with Crippen molar-refractivity contribution in [2.24, 2.45) is 0 Å². The van der Waals surface area contributed by atoms with Gasteiger partial charge >= 0.3 is 0 Å². The number of benzene rings is 3. The summed E-state index contributed by atoms with van der Waals surface area (Å²) in [4.78, 5) is 2.55. The summed E-state index contributed by atoms with van der Waals surface area (Å²) in [6, 6.07) is 32.1. The molecule has 0 amide bonds. The van der Waals surface area contributed by atoms with Crippen LogP contribution in [0.2, 0.25) is 0 Å². The number of rotatable bonds is 7. The fourth-order valence-corrected chi connectivity index (χ4v) is 5.17. The maximum atomic E-state index is 4.73. The van der Waals surface area contributed by atoms with Gasteiger partial charge in [-0.25, -0.2) is 0 Å². The number of thioether (sulfide) groups is 1. The van der Waals surface area contributed by atoms with Crippen LogP contribution in [0.25, 0.3) is 5.69 Å². The van der Waals surface area contributed by atoms with Crippen LogP contribution in [0.15, 0.2) is 96.2 Å². The van der Waals surface area contributed by atoms with E-state index in [0.717, 1.165) is 41.9 Å². The van der Waals surface area contributed by atoms with E-state index in [1.807, 2.05) is 0 Å². The van der Waals surface area contributed by atoms with Crippen molar-refractivity contribution in [2.45, 2.75) is 36.3 Å². The van der Waals surface area contributed by atoms with Crippen LogP contribution in [-0.4, -0.2) is 26.2 Å². The van der Waals surface area contributed by atoms with Gasteiger partial charge in [0.25, 0.3) is 0 Å². The second kappa shape index (κ2) is 9.50. The standard InChI is InChI=1S/C26H26N4S/c1-4-11-21(12-5-1)19-29-18-10-17-24(29)25-27-28-26(30(25)23-15-8-3-9-16-23)31-20-22-13-6-2-7-14-22/h1-9,11-16,24H,10,17-20H2/t24-/m0/s1. The molecule has 0 N–H and O–H groups in total. The Bertz CT molecular complexity index is 1100. The van der Waals surface area contributed by atoms with Crippen molar-refractivity contribution in [2.75, 3.05) is 6.54 Å². The van der Waals surface area contributed by atoms with Crippen LogP contribution in [-0.2, 0) is 12.3 Å². The Morgan fingerprint density at radius 1 is 0.774 bits per heavy atom. The van der Waals surface area contributed by atoms with Crippen molar-refractivity contribution in [3.8, 4) is 5.69 Å². The molecule has 1 saturated heterocycles. The van der Waals surface area contributed by atoms with Gasteiger partial charge in [0, 0.05) is 18.0 Å². The lowest BCUT2D eigenvalue weighted by Gasteiger charge is -2.24. The zero-order valence-corrected chi connectivity index (χ0v) is 18.3. The number of likely N-dealkylation sites (tertiary alicyclic amines) is 1. The quantitative estimate of drug-likeness (QED) is 0.345. The molecule has 0 bridgehead atoms. The summed E-state index contributed by atoms with van der Waals surface area (Å²) < 4.78 is 2.27. The SMILES string of the molecule is c1ccc(CSc2nnc([C@@H]3CCCN3Cc3ccccc3)n2-c2ccccc2)cc1. The molecule has 1 aromatic heterocycles. The molecule has 4 nitrogen and oxygen atoms in total. The predicted molar refractivity (Wildman–Crippen MR) is 126 cm³/mol. The first-order chi connectivity index (χ1) is 15.4. The molecule has 5 rings (SSSR count). The van der Waals surface area contributed by atoms with Crippen LogP contribution in [0.4, 0.5) is 0 Å². The maximum Gasteiger partial charge on any atom is 0.196 e. The van der Waals surface area contributed by atoms with Crippen molar-refractivity contribution >= 4 is 11.8 Å². The number of aromatic nitrogens is 3. The first-order valence-corrected chi connectivity index (χ1v) is 11.8. The number of para-hydroxylation sites is 1. The summed E-state index contributed by atoms with van der Waals surface area (Å²) in [5.74, 6) is 1.93. The van der Waals surface area contributed by atoms with Gasteiger partial charge in [-0.05, 0) is 42.6 Å². The van der Waals surface area contributed by atoms with Crippen LogP contribution in [0.3, 0.4) is 0 Å². The molecule has 5 heteroatoms. The van der Waals surface area contributed by atoms with E-state index in [4.69, 9.17) is 5.10 Å². The normalized spacial score (nSPS) is 16.6. The van der Waals surface area contributed by atoms with E-state index < -0.39 is 0 Å². The van der Waals surface area contributed by atoms with E-state index >= 15 is 0 Å². The molecule has 4 aromatic rings. The van der Waals surface area contributed by atoms with Gasteiger partial charge in [-0.3, -0.25) is 9.47 Å². The van der Waals surface area contributed by atoms with Gasteiger partial charge in [-0.1, -0.05) is 90.6 Å². The highest BCUT2D eigenvalue weighted by Crippen LogP contribution is 2.36. The average molecular weight is 427 g/mol. The van der Waals surface area contributed by atoms with Gasteiger partial charge in [0.15, 0.2) is 11.0 Å². The molecule has 1 aliphatic heterocycles. The van der Waals surface area contributed by atoms with Crippen molar-refractivity contribution in [1.29, 1.82) is 0 Å². The summed E-state index contributed by atoms with van der Waals surface area (Å²) in [6.07, 6.45) is 2.30. The maximum absolute atomic E-state index is 4.73. The minimum atomic E-state index is 0.277. The molecule has 1 atom stereocenters. The molecule has 31 heavy (non-hydrogen) atoms. The molecule has 0 radical (unpaired) electrons. The highest BCUT2D eigenvalue weighted by atomic mass is 32.2. The Kier molecular flexibility index (Phi) is 6.14. The fraction of sp³-hybridized carbons (Fsp3) is 0.231. The molecule has 156 valence electrons. The third-order valence-corrected chi connectivity index (χ3v) is 6.77. The zero-order chi connectivity index (χ0) is 20.9. The molecule has 3 aromatic carbocycles. The van der Waals surface area contributed by atoms with Gasteiger partial charge in [0.2, 0.25) is 0 Å². The summed E-state index contributed by atoms with van der Waals surface area (Å²) in [7, 11) is 0. The van der Waals surface area contributed by atoms with Crippen LogP contribution < -0.4 is 0 Å². The van der Waals surface area contributed by atoms with E-state index in [2.05, 4.69) is 106 Å². The second-order valence-electron chi connectivity index (χ2n) is 7.90. The molecular formula is C26H26N4S. The van der Waals surface area contributed by atoms with Crippen LogP contribution in [0, 0.1) is 0 Å². The van der Waals surface area contributed by atoms with Crippen LogP contribution >= 0.6 is 11.8 Å². The number of nitrogens with zero attached hydrogens (tertiary/aromatic N) is 4. The molecule has 1 aliphatic rings. The van der Waals surface area contributed by atoms with E-state index in [1.165, 1.54) is 17.5 Å². The lowest BCUT2D eigenvalue weighted by molar-refractivity contribution is 0.237. The molecule has 1 fully saturated rings. The molecule has 0 spiro atoms. The Morgan fingerprint density at radius 2 is 1.42 bits per heavy atom. The van der Waals surface area contributed by atoms with Crippen molar-refractivity contribution in [3.05, 3.63) is 108 Å². The largest absolute Gasteiger partial charge is 0.289 e. The Morgan fingerprint density at radius 3 is 2.13 bits per heavy atom. The topological polar surface area (TPSA) is 34.0 Å². The Labute approximate surface area is 187 Å². The second-order valence-corrected chi connectivity index (χ2v) is 8.84. The predicted octanol–water partition coefficient (Wildman–Crippen LogP) is 5.90. The van der Waals surface area contributed by atoms with Gasteiger partial charge in [-0.2, -0.15) is 0 Å². The molecule has 2 heterocycles. The fourth-order valence-electron chi connectivity index (χ4n) is 4.26. The number of hydrogen-bond donors (Lipinski definition) is 0. The van der Waals surface area contributed by atoms with Gasteiger partial charge < -0.3 is 0 Å². The average Bonchev–Trinajstić information content (AvgIpc) is 3.46. The molecule has 0 saturated carbocycles. The first kappa shape index (κ1) is 20.0. The molecule has 0 unspecified atom stereocenters. The first-order valence-electron chi connectivity index (χ1n) is 10.8. The minimum Gasteiger partial charge on any atom is -0.289 e. The molecular weight excluding hydrogens is 400 g/mol. The van der Waals surface area contributed by atoms with Crippen molar-refractivity contribution in [1.82, 2.24) is 19.7 Å². The van der Waals surface area contributed by atoms with Gasteiger partial charge in [0.1, 0.15) is 0 Å². The summed E-state index contributed by atoms with van der Waals surface area (Å²) in [5.41, 5.74) is 3.77. The Hall–Kier alpha value is -2.89. The lowest BCUT2D eigenvalue weighted by atomic mass is 10.1. The van der Waals surface area contributed by atoms with Crippen molar-refractivity contribution in [3.63, 3.8) is 0 Å². The summed E-state index contributed by atoms with van der Waals surface area (Å²) in [5, 5.41) is 10.3. The van der Waals surface area contributed by atoms with Gasteiger partial charge in [-0.15, -0.1) is 10.2 Å². The lowest BCUT2D eigenvalue weighted by Crippen LogP contribution is -2.25. The van der Waals surface area contributed by atoms with Crippen LogP contribution in [0.5, 0.6) is 0 Å². The summed E-state index contributed by atoms with van der Waals surface area (Å²) >= 11 is 1.75. The Balaban J connectivity index is 1.45. The molecule has 0 aliphatic carbocycles.